The molecule has 0 aliphatic carbocycles. The summed E-state index contributed by atoms with van der Waals surface area (Å²) < 4.78 is 5.63. The van der Waals surface area contributed by atoms with Gasteiger partial charge in [0.15, 0.2) is 6.10 Å². The van der Waals surface area contributed by atoms with Crippen molar-refractivity contribution < 1.29 is 19.4 Å². The summed E-state index contributed by atoms with van der Waals surface area (Å²) >= 11 is 0. The summed E-state index contributed by atoms with van der Waals surface area (Å²) in [6, 6.07) is 8.86. The van der Waals surface area contributed by atoms with E-state index in [1.165, 1.54) is 0 Å². The van der Waals surface area contributed by atoms with Gasteiger partial charge in [0, 0.05) is 12.6 Å². The molecule has 0 aromatic heterocycles. The molecule has 1 unspecified atom stereocenters. The van der Waals surface area contributed by atoms with Crippen LogP contribution in [0.5, 0.6) is 5.75 Å². The number of carbonyl (C=O) groups excluding carboxylic acids is 1. The van der Waals surface area contributed by atoms with Crippen molar-refractivity contribution in [3.63, 3.8) is 0 Å². The molecule has 0 radical (unpaired) electrons. The van der Waals surface area contributed by atoms with Gasteiger partial charge in [-0.2, -0.15) is 0 Å². The maximum atomic E-state index is 12.5. The molecule has 1 N–H and O–H groups in total. The molecule has 0 saturated carbocycles. The van der Waals surface area contributed by atoms with Gasteiger partial charge in [0.05, 0.1) is 5.92 Å². The average molecular weight is 291 g/mol. The lowest BCUT2D eigenvalue weighted by Gasteiger charge is -2.38. The van der Waals surface area contributed by atoms with Crippen LogP contribution in [0.15, 0.2) is 30.3 Å². The first kappa shape index (κ1) is 15.4. The van der Waals surface area contributed by atoms with Crippen LogP contribution in [-0.4, -0.2) is 40.6 Å². The summed E-state index contributed by atoms with van der Waals surface area (Å²) in [5.41, 5.74) is 0. The Morgan fingerprint density at radius 3 is 2.62 bits per heavy atom. The van der Waals surface area contributed by atoms with Gasteiger partial charge in [-0.05, 0) is 38.8 Å². The highest BCUT2D eigenvalue weighted by Crippen LogP contribution is 2.25. The number of piperidine rings is 1. The number of aliphatic carboxylic acids is 1. The molecule has 1 aliphatic heterocycles. The first-order valence-electron chi connectivity index (χ1n) is 7.25. The third kappa shape index (κ3) is 3.54. The highest BCUT2D eigenvalue weighted by atomic mass is 16.5. The van der Waals surface area contributed by atoms with E-state index in [1.807, 2.05) is 18.2 Å². The van der Waals surface area contributed by atoms with E-state index in [9.17, 15) is 14.7 Å². The lowest BCUT2D eigenvalue weighted by atomic mass is 9.90. The number of likely N-dealkylation sites (tertiary alicyclic amines) is 1. The zero-order valence-electron chi connectivity index (χ0n) is 12.4. The number of carboxylic acids is 1. The molecule has 1 amide bonds. The molecule has 3 atom stereocenters. The van der Waals surface area contributed by atoms with Crippen LogP contribution < -0.4 is 4.74 Å². The number of rotatable bonds is 4. The molecule has 5 nitrogen and oxygen atoms in total. The first-order valence-corrected chi connectivity index (χ1v) is 7.25. The summed E-state index contributed by atoms with van der Waals surface area (Å²) in [6.45, 7) is 4.09. The Kier molecular flexibility index (Phi) is 4.83. The third-order valence-corrected chi connectivity index (χ3v) is 3.99. The predicted octanol–water partition coefficient (Wildman–Crippen LogP) is 2.17. The molecule has 2 rings (SSSR count). The average Bonchev–Trinajstić information content (AvgIpc) is 2.47. The Morgan fingerprint density at radius 2 is 2.00 bits per heavy atom. The van der Waals surface area contributed by atoms with Crippen molar-refractivity contribution in [1.82, 2.24) is 4.90 Å². The monoisotopic (exact) mass is 291 g/mol. The number of amides is 1. The second-order valence-electron chi connectivity index (χ2n) is 5.43. The third-order valence-electron chi connectivity index (χ3n) is 3.99. The molecule has 1 fully saturated rings. The van der Waals surface area contributed by atoms with Gasteiger partial charge in [0.2, 0.25) is 0 Å². The predicted molar refractivity (Wildman–Crippen MR) is 78.1 cm³/mol. The molecule has 1 aliphatic rings. The lowest BCUT2D eigenvalue weighted by molar-refractivity contribution is -0.151. The molecule has 1 aromatic rings. The molecular weight excluding hydrogens is 270 g/mol. The van der Waals surface area contributed by atoms with E-state index in [2.05, 4.69) is 0 Å². The van der Waals surface area contributed by atoms with Gasteiger partial charge in [-0.25, -0.2) is 0 Å². The van der Waals surface area contributed by atoms with E-state index >= 15 is 0 Å². The van der Waals surface area contributed by atoms with Gasteiger partial charge in [0.25, 0.3) is 5.91 Å². The van der Waals surface area contributed by atoms with Crippen molar-refractivity contribution in [3.8, 4) is 5.75 Å². The smallest absolute Gasteiger partial charge is 0.308 e. The fourth-order valence-corrected chi connectivity index (χ4v) is 2.77. The van der Waals surface area contributed by atoms with Gasteiger partial charge in [0.1, 0.15) is 5.75 Å². The van der Waals surface area contributed by atoms with Crippen molar-refractivity contribution in [2.24, 2.45) is 5.92 Å². The Hall–Kier alpha value is -2.04. The van der Waals surface area contributed by atoms with Crippen LogP contribution in [0.4, 0.5) is 0 Å². The molecule has 114 valence electrons. The molecule has 1 heterocycles. The highest BCUT2D eigenvalue weighted by molar-refractivity contribution is 5.82. The Balaban J connectivity index is 2.03. The lowest BCUT2D eigenvalue weighted by Crippen LogP contribution is -2.52. The van der Waals surface area contributed by atoms with Crippen molar-refractivity contribution in [2.75, 3.05) is 6.54 Å². The van der Waals surface area contributed by atoms with E-state index in [4.69, 9.17) is 4.74 Å². The van der Waals surface area contributed by atoms with Gasteiger partial charge < -0.3 is 14.7 Å². The number of benzene rings is 1. The molecule has 1 saturated heterocycles. The molecule has 0 spiro atoms. The van der Waals surface area contributed by atoms with E-state index in [1.54, 1.807) is 30.9 Å². The Bertz CT molecular complexity index is 502. The Morgan fingerprint density at radius 1 is 1.33 bits per heavy atom. The molecular formula is C16H21NO4. The zero-order valence-corrected chi connectivity index (χ0v) is 12.4. The summed E-state index contributed by atoms with van der Waals surface area (Å²) in [5.74, 6) is -0.849. The second-order valence-corrected chi connectivity index (χ2v) is 5.43. The van der Waals surface area contributed by atoms with Crippen LogP contribution in [0, 0.1) is 5.92 Å². The number of carbonyl (C=O) groups is 2. The largest absolute Gasteiger partial charge is 0.481 e. The SMILES string of the molecule is CC(Oc1ccccc1)C(=O)N1CCC[C@H](C(=O)O)[C@@H]1C. The number of carboxylic acid groups (broad SMARTS) is 1. The van der Waals surface area contributed by atoms with Gasteiger partial charge in [-0.3, -0.25) is 9.59 Å². The molecule has 1 aromatic carbocycles. The standard InChI is InChI=1S/C16H21NO4/c1-11-14(16(19)20)9-6-10-17(11)15(18)12(2)21-13-7-4-3-5-8-13/h3-5,7-8,11-12,14H,6,9-10H2,1-2H3,(H,19,20)/t11-,12?,14-/m0/s1. The fraction of sp³-hybridized carbons (Fsp3) is 0.500. The summed E-state index contributed by atoms with van der Waals surface area (Å²) in [7, 11) is 0. The van der Waals surface area contributed by atoms with Crippen molar-refractivity contribution in [3.05, 3.63) is 30.3 Å². The van der Waals surface area contributed by atoms with Crippen LogP contribution in [0.25, 0.3) is 0 Å². The number of ether oxygens (including phenoxy) is 1. The minimum Gasteiger partial charge on any atom is -0.481 e. The second kappa shape index (κ2) is 6.61. The van der Waals surface area contributed by atoms with Crippen LogP contribution in [0.2, 0.25) is 0 Å². The van der Waals surface area contributed by atoms with Gasteiger partial charge in [-0.15, -0.1) is 0 Å². The van der Waals surface area contributed by atoms with Crippen LogP contribution in [0.3, 0.4) is 0 Å². The number of hydrogen-bond acceptors (Lipinski definition) is 3. The maximum Gasteiger partial charge on any atom is 0.308 e. The van der Waals surface area contributed by atoms with Crippen LogP contribution in [-0.2, 0) is 9.59 Å². The Labute approximate surface area is 124 Å². The number of nitrogens with zero attached hydrogens (tertiary/aromatic N) is 1. The fourth-order valence-electron chi connectivity index (χ4n) is 2.77. The summed E-state index contributed by atoms with van der Waals surface area (Å²) in [5, 5.41) is 9.21. The molecule has 0 bridgehead atoms. The zero-order chi connectivity index (χ0) is 15.4. The number of para-hydroxylation sites is 1. The van der Waals surface area contributed by atoms with Crippen molar-refractivity contribution in [1.29, 1.82) is 0 Å². The summed E-state index contributed by atoms with van der Waals surface area (Å²) in [4.78, 5) is 25.3. The van der Waals surface area contributed by atoms with Gasteiger partial charge in [-0.1, -0.05) is 18.2 Å². The van der Waals surface area contributed by atoms with Gasteiger partial charge >= 0.3 is 5.97 Å². The van der Waals surface area contributed by atoms with E-state index < -0.39 is 18.0 Å². The number of hydrogen-bond donors (Lipinski definition) is 1. The van der Waals surface area contributed by atoms with Crippen LogP contribution in [0.1, 0.15) is 26.7 Å². The van der Waals surface area contributed by atoms with Crippen LogP contribution >= 0.6 is 0 Å². The quantitative estimate of drug-likeness (QED) is 0.923. The molecule has 5 heteroatoms. The van der Waals surface area contributed by atoms with E-state index in [0.717, 1.165) is 0 Å². The first-order chi connectivity index (χ1) is 10.0. The van der Waals surface area contributed by atoms with E-state index in [-0.39, 0.29) is 11.9 Å². The summed E-state index contributed by atoms with van der Waals surface area (Å²) in [6.07, 6.45) is 0.710. The van der Waals surface area contributed by atoms with Crippen molar-refractivity contribution >= 4 is 11.9 Å². The normalized spacial score (nSPS) is 23.4. The topological polar surface area (TPSA) is 66.8 Å². The minimum atomic E-state index is -0.836. The molecule has 21 heavy (non-hydrogen) atoms. The van der Waals surface area contributed by atoms with E-state index in [0.29, 0.717) is 25.1 Å². The van der Waals surface area contributed by atoms with Crippen molar-refractivity contribution in [2.45, 2.75) is 38.8 Å². The maximum absolute atomic E-state index is 12.5. The highest BCUT2D eigenvalue weighted by Gasteiger charge is 2.37. The minimum absolute atomic E-state index is 0.155.